The third kappa shape index (κ3) is 3.41. The monoisotopic (exact) mass is 272 g/mol. The van der Waals surface area contributed by atoms with Crippen LogP contribution in [0.25, 0.3) is 0 Å². The van der Waals surface area contributed by atoms with E-state index in [-0.39, 0.29) is 11.3 Å². The van der Waals surface area contributed by atoms with E-state index >= 15 is 0 Å². The van der Waals surface area contributed by atoms with Crippen molar-refractivity contribution in [3.8, 4) is 0 Å². The summed E-state index contributed by atoms with van der Waals surface area (Å²) in [6, 6.07) is 0. The van der Waals surface area contributed by atoms with Crippen molar-refractivity contribution >= 4 is 5.97 Å². The first kappa shape index (κ1) is 14.4. The highest BCUT2D eigenvalue weighted by Crippen LogP contribution is 2.26. The smallest absolute Gasteiger partial charge is 0.408 e. The summed E-state index contributed by atoms with van der Waals surface area (Å²) < 4.78 is 66.2. The second-order valence-corrected chi connectivity index (χ2v) is 3.24. The number of hydrogen-bond donors (Lipinski definition) is 0. The topological polar surface area (TPSA) is 44.1 Å². The molecule has 4 nitrogen and oxygen atoms in total. The third-order valence-electron chi connectivity index (χ3n) is 1.91. The maximum Gasteiger partial charge on any atom is 0.408 e. The van der Waals surface area contributed by atoms with Crippen LogP contribution in [0.4, 0.5) is 22.0 Å². The van der Waals surface area contributed by atoms with Gasteiger partial charge in [-0.25, -0.2) is 13.6 Å². The number of hydrogen-bond acceptors (Lipinski definition) is 3. The summed E-state index contributed by atoms with van der Waals surface area (Å²) in [6.07, 6.45) is -7.32. The molecule has 0 saturated heterocycles. The molecule has 1 aromatic heterocycles. The number of carbonyl (C=O) groups excluding carboxylic acids is 1. The van der Waals surface area contributed by atoms with E-state index in [1.54, 1.807) is 0 Å². The number of nitrogens with zero attached hydrogens (tertiary/aromatic N) is 2. The van der Waals surface area contributed by atoms with Crippen LogP contribution in [0.1, 0.15) is 29.4 Å². The van der Waals surface area contributed by atoms with Gasteiger partial charge in [0.15, 0.2) is 0 Å². The predicted octanol–water partition coefficient (Wildman–Crippen LogP) is 2.56. The molecule has 0 spiro atoms. The number of aromatic nitrogens is 2. The summed E-state index contributed by atoms with van der Waals surface area (Å²) in [6.45, 7) is -0.321. The van der Waals surface area contributed by atoms with Gasteiger partial charge in [0, 0.05) is 0 Å². The lowest BCUT2D eigenvalue weighted by atomic mass is 10.2. The van der Waals surface area contributed by atoms with Crippen LogP contribution in [0, 0.1) is 0 Å². The van der Waals surface area contributed by atoms with Crippen LogP contribution in [0.3, 0.4) is 0 Å². The highest BCUT2D eigenvalue weighted by molar-refractivity contribution is 5.90. The van der Waals surface area contributed by atoms with Gasteiger partial charge in [-0.15, -0.1) is 0 Å². The molecule has 0 atom stereocenters. The molecular formula is C9H9F5N2O2. The first-order chi connectivity index (χ1) is 8.26. The van der Waals surface area contributed by atoms with Gasteiger partial charge in [0.1, 0.15) is 17.8 Å². The molecule has 0 aliphatic heterocycles. The molecule has 0 aliphatic carbocycles. The van der Waals surface area contributed by atoms with Gasteiger partial charge in [0.25, 0.3) is 6.43 Å². The fraction of sp³-hybridized carbons (Fsp3) is 0.556. The van der Waals surface area contributed by atoms with Crippen LogP contribution in [0.2, 0.25) is 0 Å². The second kappa shape index (κ2) is 5.32. The number of esters is 1. The summed E-state index contributed by atoms with van der Waals surface area (Å²) >= 11 is 0. The minimum Gasteiger partial charge on any atom is -0.462 e. The van der Waals surface area contributed by atoms with Crippen molar-refractivity contribution in [1.82, 2.24) is 9.78 Å². The van der Waals surface area contributed by atoms with Gasteiger partial charge in [-0.1, -0.05) is 0 Å². The Labute approximate surface area is 98.3 Å². The average Bonchev–Trinajstić information content (AvgIpc) is 2.59. The Balaban J connectivity index is 3.11. The molecule has 9 heteroatoms. The van der Waals surface area contributed by atoms with Crippen LogP contribution in [0.5, 0.6) is 0 Å². The van der Waals surface area contributed by atoms with Gasteiger partial charge in [-0.2, -0.15) is 18.3 Å². The van der Waals surface area contributed by atoms with E-state index in [1.807, 2.05) is 0 Å². The lowest BCUT2D eigenvalue weighted by Gasteiger charge is -2.10. The molecule has 102 valence electrons. The highest BCUT2D eigenvalue weighted by Gasteiger charge is 2.33. The SMILES string of the molecule is CCOC(=O)c1cnn(CC(F)(F)F)c1C(F)F. The largest absolute Gasteiger partial charge is 0.462 e. The van der Waals surface area contributed by atoms with Crippen LogP contribution in [0.15, 0.2) is 6.20 Å². The van der Waals surface area contributed by atoms with E-state index < -0.39 is 36.4 Å². The Bertz CT molecular complexity index is 427. The lowest BCUT2D eigenvalue weighted by molar-refractivity contribution is -0.143. The summed E-state index contributed by atoms with van der Waals surface area (Å²) in [7, 11) is 0. The molecule has 0 unspecified atom stereocenters. The van der Waals surface area contributed by atoms with Gasteiger partial charge >= 0.3 is 12.1 Å². The van der Waals surface area contributed by atoms with E-state index in [1.165, 1.54) is 6.92 Å². The highest BCUT2D eigenvalue weighted by atomic mass is 19.4. The van der Waals surface area contributed by atoms with Crippen LogP contribution >= 0.6 is 0 Å². The molecule has 1 rings (SSSR count). The summed E-state index contributed by atoms with van der Waals surface area (Å²) in [5, 5.41) is 3.14. The molecule has 0 aliphatic rings. The Morgan fingerprint density at radius 2 is 2.11 bits per heavy atom. The van der Waals surface area contributed by atoms with Crippen molar-refractivity contribution < 1.29 is 31.5 Å². The zero-order chi connectivity index (χ0) is 13.9. The average molecular weight is 272 g/mol. The number of rotatable bonds is 4. The molecule has 18 heavy (non-hydrogen) atoms. The van der Waals surface area contributed by atoms with Gasteiger partial charge in [-0.3, -0.25) is 4.68 Å². The van der Waals surface area contributed by atoms with E-state index in [4.69, 9.17) is 0 Å². The van der Waals surface area contributed by atoms with Crippen molar-refractivity contribution in [3.05, 3.63) is 17.5 Å². The Morgan fingerprint density at radius 1 is 1.50 bits per heavy atom. The molecular weight excluding hydrogens is 263 g/mol. The van der Waals surface area contributed by atoms with Crippen LogP contribution in [-0.2, 0) is 11.3 Å². The number of halogens is 5. The standard InChI is InChI=1S/C9H9F5N2O2/c1-2-18-8(17)5-3-15-16(4-9(12,13)14)6(5)7(10)11/h3,7H,2,4H2,1H3. The predicted molar refractivity (Wildman–Crippen MR) is 49.2 cm³/mol. The van der Waals surface area contributed by atoms with Gasteiger partial charge in [-0.05, 0) is 6.92 Å². The van der Waals surface area contributed by atoms with Crippen molar-refractivity contribution in [2.75, 3.05) is 6.61 Å². The molecule has 0 saturated carbocycles. The van der Waals surface area contributed by atoms with E-state index in [0.29, 0.717) is 6.20 Å². The fourth-order valence-corrected chi connectivity index (χ4v) is 1.29. The molecule has 0 N–H and O–H groups in total. The maximum absolute atomic E-state index is 12.7. The second-order valence-electron chi connectivity index (χ2n) is 3.24. The molecule has 0 radical (unpaired) electrons. The summed E-state index contributed by atoms with van der Waals surface area (Å²) in [4.78, 5) is 11.3. The zero-order valence-corrected chi connectivity index (χ0v) is 9.17. The minimum atomic E-state index is -4.71. The first-order valence-corrected chi connectivity index (χ1v) is 4.84. The molecule has 0 aromatic carbocycles. The Morgan fingerprint density at radius 3 is 2.56 bits per heavy atom. The summed E-state index contributed by atoms with van der Waals surface area (Å²) in [5.74, 6) is -1.12. The maximum atomic E-state index is 12.7. The van der Waals surface area contributed by atoms with Crippen molar-refractivity contribution in [2.24, 2.45) is 0 Å². The number of alkyl halides is 5. The molecule has 0 amide bonds. The molecule has 1 aromatic rings. The van der Waals surface area contributed by atoms with Crippen molar-refractivity contribution in [2.45, 2.75) is 26.1 Å². The van der Waals surface area contributed by atoms with Crippen molar-refractivity contribution in [3.63, 3.8) is 0 Å². The van der Waals surface area contributed by atoms with E-state index in [9.17, 15) is 26.7 Å². The molecule has 0 fully saturated rings. The van der Waals surface area contributed by atoms with Crippen LogP contribution in [-0.4, -0.2) is 28.5 Å². The normalized spacial score (nSPS) is 11.9. The van der Waals surface area contributed by atoms with Crippen molar-refractivity contribution in [1.29, 1.82) is 0 Å². The van der Waals surface area contributed by atoms with Crippen LogP contribution < -0.4 is 0 Å². The number of ether oxygens (including phenoxy) is 1. The van der Waals surface area contributed by atoms with Gasteiger partial charge in [0.2, 0.25) is 0 Å². The lowest BCUT2D eigenvalue weighted by Crippen LogP contribution is -2.21. The van der Waals surface area contributed by atoms with Gasteiger partial charge in [0.05, 0.1) is 12.8 Å². The van der Waals surface area contributed by atoms with E-state index in [0.717, 1.165) is 0 Å². The first-order valence-electron chi connectivity index (χ1n) is 4.84. The Hall–Kier alpha value is -1.67. The fourth-order valence-electron chi connectivity index (χ4n) is 1.29. The van der Waals surface area contributed by atoms with Gasteiger partial charge < -0.3 is 4.74 Å². The zero-order valence-electron chi connectivity index (χ0n) is 9.17. The minimum absolute atomic E-state index is 0.0525. The molecule has 0 bridgehead atoms. The van der Waals surface area contributed by atoms with E-state index in [2.05, 4.69) is 9.84 Å². The quantitative estimate of drug-likeness (QED) is 0.625. The molecule has 1 heterocycles. The third-order valence-corrected chi connectivity index (χ3v) is 1.91. The number of carbonyl (C=O) groups is 1. The Kier molecular flexibility index (Phi) is 4.25. The summed E-state index contributed by atoms with van der Waals surface area (Å²) in [5.41, 5.74) is -1.75.